The molecule has 8 nitrogen and oxygen atoms in total. The molecule has 2 aromatic heterocycles. The third-order valence-corrected chi connectivity index (χ3v) is 4.32. The predicted molar refractivity (Wildman–Crippen MR) is 107 cm³/mol. The van der Waals surface area contributed by atoms with Crippen molar-refractivity contribution in [3.8, 4) is 11.4 Å². The summed E-state index contributed by atoms with van der Waals surface area (Å²) in [6.07, 6.45) is 1.75. The Morgan fingerprint density at radius 2 is 1.97 bits per heavy atom. The van der Waals surface area contributed by atoms with Gasteiger partial charge in [0.2, 0.25) is 0 Å². The van der Waals surface area contributed by atoms with Crippen molar-refractivity contribution in [2.75, 3.05) is 7.11 Å². The summed E-state index contributed by atoms with van der Waals surface area (Å²) < 4.78 is 12.1. The van der Waals surface area contributed by atoms with Crippen LogP contribution < -0.4 is 10.4 Å². The van der Waals surface area contributed by atoms with Gasteiger partial charge in [0.05, 0.1) is 30.3 Å². The van der Waals surface area contributed by atoms with Gasteiger partial charge in [0, 0.05) is 5.39 Å². The Hall–Kier alpha value is -3.94. The summed E-state index contributed by atoms with van der Waals surface area (Å²) in [6.45, 7) is 1.81. The van der Waals surface area contributed by atoms with E-state index in [1.807, 2.05) is 42.5 Å². The average molecular weight is 390 g/mol. The zero-order valence-electron chi connectivity index (χ0n) is 15.9. The Morgan fingerprint density at radius 1 is 1.17 bits per heavy atom. The standard InChI is InChI=1S/C21H18N4O4/c1-14(19-11-15-5-3-4-6-20(15)29-21(19)26)23-28-13-16-12-25(24-22-16)17-7-9-18(27-2)10-8-17/h3-12H,13H2,1-2H3. The second kappa shape index (κ2) is 7.97. The molecule has 0 radical (unpaired) electrons. The molecule has 0 unspecified atom stereocenters. The van der Waals surface area contributed by atoms with Crippen LogP contribution in [-0.4, -0.2) is 27.8 Å². The maximum atomic E-state index is 12.2. The van der Waals surface area contributed by atoms with Crippen molar-refractivity contribution in [1.82, 2.24) is 15.0 Å². The molecule has 0 N–H and O–H groups in total. The van der Waals surface area contributed by atoms with Gasteiger partial charge in [-0.05, 0) is 43.3 Å². The van der Waals surface area contributed by atoms with Crippen molar-refractivity contribution >= 4 is 16.7 Å². The predicted octanol–water partition coefficient (Wildman–Crippen LogP) is 3.32. The average Bonchev–Trinajstić information content (AvgIpc) is 3.22. The molecule has 0 saturated heterocycles. The summed E-state index contributed by atoms with van der Waals surface area (Å²) in [4.78, 5) is 17.5. The molecule has 146 valence electrons. The molecule has 0 fully saturated rings. The third-order valence-electron chi connectivity index (χ3n) is 4.32. The van der Waals surface area contributed by atoms with Crippen LogP contribution >= 0.6 is 0 Å². The van der Waals surface area contributed by atoms with Gasteiger partial charge in [-0.2, -0.15) is 0 Å². The summed E-state index contributed by atoms with van der Waals surface area (Å²) in [6, 6.07) is 16.5. The smallest absolute Gasteiger partial charge is 0.345 e. The minimum Gasteiger partial charge on any atom is -0.497 e. The molecule has 0 saturated carbocycles. The number of ether oxygens (including phenoxy) is 1. The summed E-state index contributed by atoms with van der Waals surface area (Å²) in [5.41, 5.74) is 2.29. The van der Waals surface area contributed by atoms with Crippen molar-refractivity contribution in [2.45, 2.75) is 13.5 Å². The van der Waals surface area contributed by atoms with E-state index in [1.54, 1.807) is 37.0 Å². The zero-order chi connectivity index (χ0) is 20.2. The number of hydrogen-bond acceptors (Lipinski definition) is 7. The number of fused-ring (bicyclic) bond motifs is 1. The van der Waals surface area contributed by atoms with Gasteiger partial charge in [-0.3, -0.25) is 0 Å². The number of methoxy groups -OCH3 is 1. The lowest BCUT2D eigenvalue weighted by molar-refractivity contribution is 0.127. The van der Waals surface area contributed by atoms with E-state index >= 15 is 0 Å². The lowest BCUT2D eigenvalue weighted by atomic mass is 10.1. The van der Waals surface area contributed by atoms with Crippen LogP contribution in [0.1, 0.15) is 18.2 Å². The Labute approximate surface area is 166 Å². The molecule has 0 aliphatic carbocycles. The summed E-state index contributed by atoms with van der Waals surface area (Å²) in [7, 11) is 1.62. The molecular formula is C21H18N4O4. The highest BCUT2D eigenvalue weighted by molar-refractivity contribution is 6.00. The van der Waals surface area contributed by atoms with Crippen molar-refractivity contribution < 1.29 is 14.0 Å². The van der Waals surface area contributed by atoms with Crippen molar-refractivity contribution in [1.29, 1.82) is 0 Å². The van der Waals surface area contributed by atoms with Crippen LogP contribution in [0.15, 0.2) is 75.2 Å². The quantitative estimate of drug-likeness (QED) is 0.285. The van der Waals surface area contributed by atoms with E-state index in [4.69, 9.17) is 14.0 Å². The molecule has 0 aliphatic heterocycles. The van der Waals surface area contributed by atoms with Gasteiger partial charge in [0.15, 0.2) is 6.61 Å². The first-order valence-electron chi connectivity index (χ1n) is 8.89. The third kappa shape index (κ3) is 4.01. The fraction of sp³-hybridized carbons (Fsp3) is 0.143. The van der Waals surface area contributed by atoms with Crippen LogP contribution in [0.2, 0.25) is 0 Å². The van der Waals surface area contributed by atoms with Crippen LogP contribution in [0.5, 0.6) is 5.75 Å². The molecule has 0 aliphatic rings. The number of nitrogens with zero attached hydrogens (tertiary/aromatic N) is 4. The van der Waals surface area contributed by atoms with Gasteiger partial charge in [-0.25, -0.2) is 9.48 Å². The van der Waals surface area contributed by atoms with Crippen molar-refractivity contribution in [3.63, 3.8) is 0 Å². The Balaban J connectivity index is 1.45. The van der Waals surface area contributed by atoms with Gasteiger partial charge < -0.3 is 14.0 Å². The number of benzene rings is 2. The fourth-order valence-electron chi connectivity index (χ4n) is 2.78. The van der Waals surface area contributed by atoms with Crippen LogP contribution in [0.4, 0.5) is 0 Å². The molecule has 0 spiro atoms. The van der Waals surface area contributed by atoms with Crippen molar-refractivity contribution in [2.24, 2.45) is 5.16 Å². The Kier molecular flexibility index (Phi) is 5.07. The molecule has 0 bridgehead atoms. The highest BCUT2D eigenvalue weighted by Crippen LogP contribution is 2.15. The molecular weight excluding hydrogens is 372 g/mol. The van der Waals surface area contributed by atoms with E-state index in [9.17, 15) is 4.79 Å². The number of aromatic nitrogens is 3. The SMILES string of the molecule is COc1ccc(-n2cc(CON=C(C)c3cc4ccccc4oc3=O)nn2)cc1. The first-order chi connectivity index (χ1) is 14.1. The second-order valence-corrected chi connectivity index (χ2v) is 6.29. The number of rotatable bonds is 6. The molecule has 8 heteroatoms. The summed E-state index contributed by atoms with van der Waals surface area (Å²) >= 11 is 0. The zero-order valence-corrected chi connectivity index (χ0v) is 15.9. The van der Waals surface area contributed by atoms with Crippen LogP contribution in [0.3, 0.4) is 0 Å². The van der Waals surface area contributed by atoms with Gasteiger partial charge in [-0.15, -0.1) is 5.10 Å². The Bertz CT molecular complexity index is 1230. The van der Waals surface area contributed by atoms with Crippen LogP contribution in [-0.2, 0) is 11.4 Å². The normalized spacial score (nSPS) is 11.6. The maximum absolute atomic E-state index is 12.2. The van der Waals surface area contributed by atoms with E-state index in [2.05, 4.69) is 15.5 Å². The van der Waals surface area contributed by atoms with E-state index in [1.165, 1.54) is 0 Å². The largest absolute Gasteiger partial charge is 0.497 e. The molecule has 0 atom stereocenters. The van der Waals surface area contributed by atoms with Gasteiger partial charge >= 0.3 is 5.63 Å². The maximum Gasteiger partial charge on any atom is 0.345 e. The molecule has 4 rings (SSSR count). The lowest BCUT2D eigenvalue weighted by Crippen LogP contribution is -2.12. The molecule has 2 aromatic carbocycles. The van der Waals surface area contributed by atoms with E-state index < -0.39 is 5.63 Å². The Morgan fingerprint density at radius 3 is 2.76 bits per heavy atom. The van der Waals surface area contributed by atoms with E-state index in [0.29, 0.717) is 22.6 Å². The lowest BCUT2D eigenvalue weighted by Gasteiger charge is -2.02. The number of hydrogen-bond donors (Lipinski definition) is 0. The fourth-order valence-corrected chi connectivity index (χ4v) is 2.78. The van der Waals surface area contributed by atoms with Gasteiger partial charge in [0.1, 0.15) is 17.0 Å². The second-order valence-electron chi connectivity index (χ2n) is 6.29. The topological polar surface area (TPSA) is 91.7 Å². The summed E-state index contributed by atoms with van der Waals surface area (Å²) in [5, 5.41) is 13.0. The van der Waals surface area contributed by atoms with Crippen molar-refractivity contribution in [3.05, 3.63) is 82.5 Å². The van der Waals surface area contributed by atoms with E-state index in [0.717, 1.165) is 16.8 Å². The molecule has 4 aromatic rings. The molecule has 0 amide bonds. The van der Waals surface area contributed by atoms with E-state index in [-0.39, 0.29) is 6.61 Å². The highest BCUT2D eigenvalue weighted by atomic mass is 16.6. The minimum atomic E-state index is -0.459. The summed E-state index contributed by atoms with van der Waals surface area (Å²) in [5.74, 6) is 0.764. The first-order valence-corrected chi connectivity index (χ1v) is 8.89. The first kappa shape index (κ1) is 18.4. The monoisotopic (exact) mass is 390 g/mol. The number of para-hydroxylation sites is 1. The van der Waals surface area contributed by atoms with Gasteiger partial charge in [-0.1, -0.05) is 28.6 Å². The van der Waals surface area contributed by atoms with Crippen LogP contribution in [0.25, 0.3) is 16.7 Å². The van der Waals surface area contributed by atoms with Gasteiger partial charge in [0.25, 0.3) is 0 Å². The highest BCUT2D eigenvalue weighted by Gasteiger charge is 2.09. The molecule has 2 heterocycles. The number of oxime groups is 1. The molecule has 29 heavy (non-hydrogen) atoms. The van der Waals surface area contributed by atoms with Crippen LogP contribution in [0, 0.1) is 0 Å². The minimum absolute atomic E-state index is 0.117.